The lowest BCUT2D eigenvalue weighted by Gasteiger charge is -2.06. The molecule has 4 aromatic heterocycles. The second kappa shape index (κ2) is 17.1. The highest BCUT2D eigenvalue weighted by Gasteiger charge is 2.12. The molecule has 8 rings (SSSR count). The summed E-state index contributed by atoms with van der Waals surface area (Å²) in [4.78, 5) is 28.6. The molecule has 0 atom stereocenters. The Morgan fingerprint density at radius 3 is 1.38 bits per heavy atom. The molecule has 0 fully saturated rings. The number of aromatic nitrogens is 6. The summed E-state index contributed by atoms with van der Waals surface area (Å²) in [5.74, 6) is 2.59. The molecule has 8 aromatic rings. The zero-order valence-corrected chi connectivity index (χ0v) is 29.9. The maximum Gasteiger partial charge on any atom is 0.223 e. The van der Waals surface area contributed by atoms with Crippen LogP contribution in [0.15, 0.2) is 174 Å². The third-order valence-electron chi connectivity index (χ3n) is 7.73. The van der Waals surface area contributed by atoms with Crippen molar-refractivity contribution < 1.29 is 4.74 Å². The molecule has 0 amide bonds. The van der Waals surface area contributed by atoms with Gasteiger partial charge in [0.25, 0.3) is 0 Å². The summed E-state index contributed by atoms with van der Waals surface area (Å²) < 4.78 is 9.49. The Morgan fingerprint density at radius 1 is 0.519 bits per heavy atom. The summed E-state index contributed by atoms with van der Waals surface area (Å²) in [6, 6.07) is 46.4. The Labute approximate surface area is 309 Å². The van der Waals surface area contributed by atoms with Gasteiger partial charge in [0.1, 0.15) is 5.75 Å². The van der Waals surface area contributed by atoms with Crippen molar-refractivity contribution in [2.45, 2.75) is 13.1 Å². The number of rotatable bonds is 9. The predicted molar refractivity (Wildman–Crippen MR) is 207 cm³/mol. The molecular weight excluding hydrogens is 685 g/mol. The van der Waals surface area contributed by atoms with E-state index >= 15 is 0 Å². The fraction of sp³-hybridized carbons (Fsp3) is 0.0732. The molecule has 0 aliphatic heterocycles. The van der Waals surface area contributed by atoms with E-state index in [1.54, 1.807) is 31.0 Å². The second-order valence-electron chi connectivity index (χ2n) is 11.3. The first-order valence-corrected chi connectivity index (χ1v) is 18.1. The lowest BCUT2D eigenvalue weighted by atomic mass is 10.2. The van der Waals surface area contributed by atoms with Crippen molar-refractivity contribution in [2.75, 3.05) is 7.11 Å². The summed E-state index contributed by atoms with van der Waals surface area (Å²) in [5, 5.41) is 0. The minimum absolute atomic E-state index is 0.554. The number of methoxy groups -OCH3 is 1. The summed E-state index contributed by atoms with van der Waals surface area (Å²) in [5.41, 5.74) is 6.37. The lowest BCUT2D eigenvalue weighted by Crippen LogP contribution is -1.99. The van der Waals surface area contributed by atoms with Gasteiger partial charge in [0.2, 0.25) is 9.60 Å². The van der Waals surface area contributed by atoms with Crippen LogP contribution in [0, 0.1) is 0 Å². The molecule has 0 saturated carbocycles. The van der Waals surface area contributed by atoms with Crippen LogP contribution in [0.2, 0.25) is 0 Å². The molecule has 0 N–H and O–H groups in total. The number of ether oxygens (including phenoxy) is 1. The SMILES string of the molecule is COc1ccc(-c2nc(=NCc3cccnc3)sn2-c2ccccc2)cc1.c1ccc(-c2nc(=NCc3cccnc3)sn2-c2ccccc2)cc1. The quantitative estimate of drug-likeness (QED) is 0.150. The third-order valence-corrected chi connectivity index (χ3v) is 9.63. The fourth-order valence-electron chi connectivity index (χ4n) is 5.16. The van der Waals surface area contributed by atoms with Gasteiger partial charge < -0.3 is 4.74 Å². The number of hydrogen-bond acceptors (Lipinski definition) is 9. The average molecular weight is 719 g/mol. The topological polar surface area (TPSA) is 95.4 Å². The first-order valence-electron chi connectivity index (χ1n) is 16.5. The maximum atomic E-state index is 5.26. The van der Waals surface area contributed by atoms with Crippen LogP contribution in [-0.4, -0.2) is 35.0 Å². The molecule has 0 aliphatic rings. The molecule has 9 nitrogen and oxygen atoms in total. The minimum Gasteiger partial charge on any atom is -0.497 e. The van der Waals surface area contributed by atoms with Crippen molar-refractivity contribution in [2.24, 2.45) is 9.98 Å². The van der Waals surface area contributed by atoms with Gasteiger partial charge in [0.15, 0.2) is 11.6 Å². The van der Waals surface area contributed by atoms with Crippen molar-refractivity contribution in [3.8, 4) is 39.9 Å². The van der Waals surface area contributed by atoms with Crippen LogP contribution in [0.3, 0.4) is 0 Å². The van der Waals surface area contributed by atoms with Gasteiger partial charge in [-0.15, -0.1) is 0 Å². The molecule has 0 radical (unpaired) electrons. The molecule has 0 aliphatic carbocycles. The third kappa shape index (κ3) is 8.70. The minimum atomic E-state index is 0.554. The zero-order chi connectivity index (χ0) is 35.4. The van der Waals surface area contributed by atoms with Crippen LogP contribution in [-0.2, 0) is 13.1 Å². The van der Waals surface area contributed by atoms with Crippen molar-refractivity contribution in [3.63, 3.8) is 0 Å². The standard InChI is InChI=1S/C21H18N4OS.C20H16N4S/c1-26-19-11-9-17(10-12-19)20-24-21(23-15-16-6-5-13-22-14-16)27-25(20)18-7-3-2-4-8-18;1-3-9-17(10-4-1)19-23-20(22-15-16-8-7-13-21-14-16)25-24(19)18-11-5-2-6-12-18/h2-14H,15H2,1H3;1-14H,15H2. The molecule has 52 heavy (non-hydrogen) atoms. The molecule has 4 aromatic carbocycles. The van der Waals surface area contributed by atoms with E-state index in [1.807, 2.05) is 116 Å². The van der Waals surface area contributed by atoms with Crippen LogP contribution in [0.1, 0.15) is 11.1 Å². The molecule has 11 heteroatoms. The Morgan fingerprint density at radius 2 is 0.962 bits per heavy atom. The fourth-order valence-corrected chi connectivity index (χ4v) is 6.91. The molecule has 0 unspecified atom stereocenters. The highest BCUT2D eigenvalue weighted by molar-refractivity contribution is 7.04. The first-order chi connectivity index (χ1) is 25.7. The summed E-state index contributed by atoms with van der Waals surface area (Å²) in [7, 11) is 1.66. The Hall–Kier alpha value is -6.30. The van der Waals surface area contributed by atoms with Crippen molar-refractivity contribution in [3.05, 3.63) is 185 Å². The normalized spacial score (nSPS) is 11.6. The van der Waals surface area contributed by atoms with Gasteiger partial charge in [-0.1, -0.05) is 78.9 Å². The highest BCUT2D eigenvalue weighted by Crippen LogP contribution is 2.25. The average Bonchev–Trinajstić information content (AvgIpc) is 3.87. The van der Waals surface area contributed by atoms with Gasteiger partial charge in [0.05, 0.1) is 31.6 Å². The monoisotopic (exact) mass is 718 g/mol. The van der Waals surface area contributed by atoms with Gasteiger partial charge in [-0.05, 0) is 94.9 Å². The number of nitrogens with zero attached hydrogens (tertiary/aromatic N) is 8. The summed E-state index contributed by atoms with van der Waals surface area (Å²) in [6.07, 6.45) is 7.19. The van der Waals surface area contributed by atoms with Crippen LogP contribution >= 0.6 is 23.1 Å². The summed E-state index contributed by atoms with van der Waals surface area (Å²) in [6.45, 7) is 1.13. The van der Waals surface area contributed by atoms with Crippen molar-refractivity contribution in [1.82, 2.24) is 27.8 Å². The van der Waals surface area contributed by atoms with Gasteiger partial charge in [-0.25, -0.2) is 7.91 Å². The largest absolute Gasteiger partial charge is 0.497 e. The number of para-hydroxylation sites is 2. The Balaban J connectivity index is 0.000000162. The van der Waals surface area contributed by atoms with Crippen LogP contribution < -0.4 is 14.3 Å². The Bertz CT molecular complexity index is 2370. The van der Waals surface area contributed by atoms with Gasteiger partial charge in [0, 0.05) is 35.9 Å². The Kier molecular flexibility index (Phi) is 11.2. The van der Waals surface area contributed by atoms with E-state index in [1.165, 1.54) is 11.5 Å². The maximum absolute atomic E-state index is 5.26. The molecule has 256 valence electrons. The van der Waals surface area contributed by atoms with Crippen molar-refractivity contribution in [1.29, 1.82) is 0 Å². The van der Waals surface area contributed by atoms with Gasteiger partial charge >= 0.3 is 0 Å². The number of hydrogen-bond donors (Lipinski definition) is 0. The van der Waals surface area contributed by atoms with Crippen LogP contribution in [0.4, 0.5) is 0 Å². The van der Waals surface area contributed by atoms with Crippen LogP contribution in [0.25, 0.3) is 34.2 Å². The molecule has 0 spiro atoms. The van der Waals surface area contributed by atoms with E-state index in [0.717, 1.165) is 60.6 Å². The van der Waals surface area contributed by atoms with Gasteiger partial charge in [-0.3, -0.25) is 20.0 Å². The van der Waals surface area contributed by atoms with E-state index in [9.17, 15) is 0 Å². The summed E-state index contributed by atoms with van der Waals surface area (Å²) >= 11 is 3.07. The predicted octanol–water partition coefficient (Wildman–Crippen LogP) is 8.20. The van der Waals surface area contributed by atoms with Crippen LogP contribution in [0.5, 0.6) is 5.75 Å². The smallest absolute Gasteiger partial charge is 0.223 e. The van der Waals surface area contributed by atoms with Gasteiger partial charge in [-0.2, -0.15) is 9.97 Å². The molecule has 0 bridgehead atoms. The van der Waals surface area contributed by atoms with E-state index in [0.29, 0.717) is 13.1 Å². The molecule has 4 heterocycles. The lowest BCUT2D eigenvalue weighted by molar-refractivity contribution is 0.415. The molecular formula is C41H34N8OS2. The van der Waals surface area contributed by atoms with E-state index < -0.39 is 0 Å². The van der Waals surface area contributed by atoms with E-state index in [2.05, 4.69) is 64.3 Å². The molecule has 0 saturated heterocycles. The van der Waals surface area contributed by atoms with E-state index in [-0.39, 0.29) is 0 Å². The second-order valence-corrected chi connectivity index (χ2v) is 13.2. The van der Waals surface area contributed by atoms with E-state index in [4.69, 9.17) is 14.7 Å². The number of benzene rings is 4. The number of pyridine rings is 2. The zero-order valence-electron chi connectivity index (χ0n) is 28.3. The first kappa shape index (κ1) is 34.2. The highest BCUT2D eigenvalue weighted by atomic mass is 32.1. The van der Waals surface area contributed by atoms with Crippen molar-refractivity contribution >= 4 is 23.1 Å².